The highest BCUT2D eigenvalue weighted by Gasteiger charge is 2.23. The number of thioether (sulfide) groups is 1. The van der Waals surface area contributed by atoms with E-state index in [-0.39, 0.29) is 10.9 Å². The van der Waals surface area contributed by atoms with Crippen molar-refractivity contribution >= 4 is 17.4 Å². The molecule has 0 spiro atoms. The van der Waals surface area contributed by atoms with Crippen molar-refractivity contribution in [2.45, 2.75) is 43.3 Å². The van der Waals surface area contributed by atoms with Gasteiger partial charge in [-0.25, -0.2) is 0 Å². The number of hydrogen-bond donors (Lipinski definition) is 0. The van der Waals surface area contributed by atoms with Crippen LogP contribution in [-0.2, 0) is 13.1 Å². The molecule has 11 heteroatoms. The molecule has 1 aliphatic heterocycles. The third-order valence-corrected chi connectivity index (χ3v) is 7.00. The second kappa shape index (κ2) is 10.4. The lowest BCUT2D eigenvalue weighted by Gasteiger charge is -2.16. The number of hydrogen-bond acceptors (Lipinski definition) is 9. The smallest absolute Gasteiger partial charge is 0.269 e. The first-order chi connectivity index (χ1) is 17.1. The minimum atomic E-state index is -0.439. The van der Waals surface area contributed by atoms with Crippen LogP contribution in [0.5, 0.6) is 0 Å². The molecule has 0 bridgehead atoms. The van der Waals surface area contributed by atoms with Crippen LogP contribution in [0, 0.1) is 10.1 Å². The molecule has 1 saturated heterocycles. The first kappa shape index (κ1) is 23.2. The molecule has 2 aromatic heterocycles. The van der Waals surface area contributed by atoms with Crippen LogP contribution in [-0.4, -0.2) is 47.9 Å². The second-order valence-electron chi connectivity index (χ2n) is 8.46. The van der Waals surface area contributed by atoms with E-state index >= 15 is 0 Å². The molecule has 35 heavy (non-hydrogen) atoms. The van der Waals surface area contributed by atoms with Crippen molar-refractivity contribution in [1.82, 2.24) is 29.9 Å². The molecule has 1 atom stereocenters. The van der Waals surface area contributed by atoms with Crippen LogP contribution in [0.25, 0.3) is 11.5 Å². The summed E-state index contributed by atoms with van der Waals surface area (Å²) in [5.41, 5.74) is 1.83. The minimum Gasteiger partial charge on any atom is -0.419 e. The zero-order valence-electron chi connectivity index (χ0n) is 19.3. The zero-order valence-corrected chi connectivity index (χ0v) is 20.1. The fraction of sp³-hybridized carbons (Fsp3) is 0.333. The monoisotopic (exact) mass is 491 g/mol. The molecule has 0 saturated carbocycles. The lowest BCUT2D eigenvalue weighted by atomic mass is 10.2. The van der Waals surface area contributed by atoms with Crippen LogP contribution >= 0.6 is 11.8 Å². The molecule has 3 heterocycles. The molecule has 10 nitrogen and oxygen atoms in total. The molecular weight excluding hydrogens is 466 g/mol. The van der Waals surface area contributed by atoms with E-state index in [1.165, 1.54) is 42.3 Å². The molecular formula is C24H25N7O3S. The Kier molecular flexibility index (Phi) is 6.87. The first-order valence-electron chi connectivity index (χ1n) is 11.5. The van der Waals surface area contributed by atoms with Gasteiger partial charge in [0.25, 0.3) is 5.69 Å². The highest BCUT2D eigenvalue weighted by Crippen LogP contribution is 2.35. The SMILES string of the molecule is CC(Sc1nnc(CN2CCCC2)n1Cc1ccccc1)c1nnc(-c2ccc([N+](=O)[O-])cc2)o1. The van der Waals surface area contributed by atoms with E-state index in [4.69, 9.17) is 4.42 Å². The number of aromatic nitrogens is 5. The Morgan fingerprint density at radius 2 is 1.74 bits per heavy atom. The van der Waals surface area contributed by atoms with E-state index in [1.807, 2.05) is 25.1 Å². The predicted molar refractivity (Wildman–Crippen MR) is 131 cm³/mol. The topological polar surface area (TPSA) is 116 Å². The number of benzene rings is 2. The summed E-state index contributed by atoms with van der Waals surface area (Å²) < 4.78 is 8.07. The Balaban J connectivity index is 1.35. The van der Waals surface area contributed by atoms with Crippen LogP contribution < -0.4 is 0 Å². The molecule has 0 amide bonds. The second-order valence-corrected chi connectivity index (χ2v) is 9.77. The highest BCUT2D eigenvalue weighted by molar-refractivity contribution is 7.99. The summed E-state index contributed by atoms with van der Waals surface area (Å²) in [6.07, 6.45) is 2.44. The Morgan fingerprint density at radius 3 is 2.46 bits per heavy atom. The molecule has 0 radical (unpaired) electrons. The maximum atomic E-state index is 10.9. The van der Waals surface area contributed by atoms with Gasteiger partial charge in [0.05, 0.1) is 23.3 Å². The lowest BCUT2D eigenvalue weighted by molar-refractivity contribution is -0.384. The van der Waals surface area contributed by atoms with E-state index in [1.54, 1.807) is 12.1 Å². The summed E-state index contributed by atoms with van der Waals surface area (Å²) in [5, 5.41) is 28.9. The van der Waals surface area contributed by atoms with Gasteiger partial charge in [-0.1, -0.05) is 42.1 Å². The molecule has 4 aromatic rings. The summed E-state index contributed by atoms with van der Waals surface area (Å²) in [7, 11) is 0. The number of likely N-dealkylation sites (tertiary alicyclic amines) is 1. The summed E-state index contributed by atoms with van der Waals surface area (Å²) in [6.45, 7) is 5.62. The van der Waals surface area contributed by atoms with Crippen LogP contribution in [0.15, 0.2) is 64.2 Å². The number of rotatable bonds is 9. The molecule has 1 aliphatic rings. The number of non-ortho nitro benzene ring substituents is 1. The van der Waals surface area contributed by atoms with Gasteiger partial charge in [-0.05, 0) is 50.6 Å². The van der Waals surface area contributed by atoms with Gasteiger partial charge in [-0.3, -0.25) is 15.0 Å². The van der Waals surface area contributed by atoms with E-state index in [9.17, 15) is 10.1 Å². The van der Waals surface area contributed by atoms with Gasteiger partial charge in [0.1, 0.15) is 5.82 Å². The van der Waals surface area contributed by atoms with Crippen molar-refractivity contribution in [1.29, 1.82) is 0 Å². The maximum Gasteiger partial charge on any atom is 0.269 e. The molecule has 1 unspecified atom stereocenters. The third kappa shape index (κ3) is 5.41. The van der Waals surface area contributed by atoms with Crippen molar-refractivity contribution in [3.8, 4) is 11.5 Å². The quantitative estimate of drug-likeness (QED) is 0.186. The van der Waals surface area contributed by atoms with E-state index in [0.29, 0.717) is 23.9 Å². The molecule has 0 aliphatic carbocycles. The standard InChI is InChI=1S/C24H25N7O3S/c1-17(22-26-27-23(34-22)19-9-11-20(12-10-19)31(32)33)35-24-28-25-21(16-29-13-5-6-14-29)30(24)15-18-7-3-2-4-8-18/h2-4,7-12,17H,5-6,13-16H2,1H3. The molecule has 0 N–H and O–H groups in total. The van der Waals surface area contributed by atoms with Gasteiger partial charge in [0.15, 0.2) is 5.16 Å². The maximum absolute atomic E-state index is 10.9. The summed E-state index contributed by atoms with van der Waals surface area (Å²) in [6, 6.07) is 16.3. The minimum absolute atomic E-state index is 0.0138. The predicted octanol–water partition coefficient (Wildman–Crippen LogP) is 4.73. The van der Waals surface area contributed by atoms with Crippen molar-refractivity contribution in [2.75, 3.05) is 13.1 Å². The van der Waals surface area contributed by atoms with Crippen molar-refractivity contribution in [3.05, 3.63) is 82.0 Å². The third-order valence-electron chi connectivity index (χ3n) is 5.94. The number of nitro benzene ring substituents is 1. The fourth-order valence-corrected chi connectivity index (χ4v) is 4.94. The zero-order chi connectivity index (χ0) is 24.2. The van der Waals surface area contributed by atoms with Crippen LogP contribution in [0.4, 0.5) is 5.69 Å². The molecule has 2 aromatic carbocycles. The van der Waals surface area contributed by atoms with Gasteiger partial charge in [0, 0.05) is 17.7 Å². The van der Waals surface area contributed by atoms with Gasteiger partial charge in [-0.2, -0.15) is 0 Å². The Morgan fingerprint density at radius 1 is 1.00 bits per heavy atom. The van der Waals surface area contributed by atoms with Gasteiger partial charge >= 0.3 is 0 Å². The summed E-state index contributed by atoms with van der Waals surface area (Å²) in [5.74, 6) is 1.73. The first-order valence-corrected chi connectivity index (χ1v) is 12.4. The number of nitrogens with zero attached hydrogens (tertiary/aromatic N) is 7. The normalized spacial score (nSPS) is 14.9. The molecule has 1 fully saturated rings. The van der Waals surface area contributed by atoms with E-state index in [0.717, 1.165) is 30.6 Å². The van der Waals surface area contributed by atoms with Crippen LogP contribution in [0.2, 0.25) is 0 Å². The van der Waals surface area contributed by atoms with E-state index in [2.05, 4.69) is 42.0 Å². The van der Waals surface area contributed by atoms with Gasteiger partial charge in [-0.15, -0.1) is 20.4 Å². The molecule has 5 rings (SSSR count). The van der Waals surface area contributed by atoms with Crippen LogP contribution in [0.1, 0.15) is 42.3 Å². The fourth-order valence-electron chi connectivity index (χ4n) is 4.04. The lowest BCUT2D eigenvalue weighted by Crippen LogP contribution is -2.21. The van der Waals surface area contributed by atoms with Gasteiger partial charge < -0.3 is 8.98 Å². The Hall–Kier alpha value is -3.57. The summed E-state index contributed by atoms with van der Waals surface area (Å²) >= 11 is 1.52. The summed E-state index contributed by atoms with van der Waals surface area (Å²) in [4.78, 5) is 12.9. The Labute approximate surface area is 206 Å². The van der Waals surface area contributed by atoms with Crippen molar-refractivity contribution in [3.63, 3.8) is 0 Å². The van der Waals surface area contributed by atoms with Crippen molar-refractivity contribution < 1.29 is 9.34 Å². The average Bonchev–Trinajstić information content (AvgIpc) is 3.64. The highest BCUT2D eigenvalue weighted by atomic mass is 32.2. The van der Waals surface area contributed by atoms with Crippen molar-refractivity contribution in [2.24, 2.45) is 0 Å². The van der Waals surface area contributed by atoms with Gasteiger partial charge in [0.2, 0.25) is 11.8 Å². The molecule has 180 valence electrons. The largest absolute Gasteiger partial charge is 0.419 e. The van der Waals surface area contributed by atoms with E-state index < -0.39 is 4.92 Å². The van der Waals surface area contributed by atoms with Crippen LogP contribution in [0.3, 0.4) is 0 Å². The number of nitro groups is 1. The average molecular weight is 492 g/mol. The Bertz CT molecular complexity index is 1280.